The Morgan fingerprint density at radius 2 is 1.85 bits per heavy atom. The van der Waals surface area contributed by atoms with E-state index in [0.29, 0.717) is 13.2 Å². The maximum Gasteiger partial charge on any atom is 0.238 e. The Balaban J connectivity index is 2.39. The first-order valence-electron chi connectivity index (χ1n) is 6.69. The highest BCUT2D eigenvalue weighted by molar-refractivity contribution is 5.92. The van der Waals surface area contributed by atoms with E-state index >= 15 is 0 Å². The standard InChI is InChI=1S/C15H24N2O3/c1-15(2,3)20-13-7-5-12(6-8-13)17-14(18)11-16-9-10-19-4/h5-8,16H,9-11H2,1-4H3,(H,17,18). The monoisotopic (exact) mass is 280 g/mol. The number of rotatable bonds is 7. The molecule has 112 valence electrons. The van der Waals surface area contributed by atoms with Crippen LogP contribution in [0.2, 0.25) is 0 Å². The molecule has 0 fully saturated rings. The lowest BCUT2D eigenvalue weighted by Crippen LogP contribution is -2.30. The van der Waals surface area contributed by atoms with Gasteiger partial charge in [-0.1, -0.05) is 0 Å². The molecule has 1 rings (SSSR count). The first-order valence-corrected chi connectivity index (χ1v) is 6.69. The van der Waals surface area contributed by atoms with Gasteiger partial charge < -0.3 is 20.1 Å². The van der Waals surface area contributed by atoms with E-state index in [1.807, 2.05) is 45.0 Å². The summed E-state index contributed by atoms with van der Waals surface area (Å²) >= 11 is 0. The van der Waals surface area contributed by atoms with Gasteiger partial charge in [0, 0.05) is 19.3 Å². The van der Waals surface area contributed by atoms with Crippen LogP contribution in [-0.2, 0) is 9.53 Å². The number of anilines is 1. The van der Waals surface area contributed by atoms with Crippen LogP contribution in [0.5, 0.6) is 5.75 Å². The fourth-order valence-electron chi connectivity index (χ4n) is 1.54. The molecule has 0 bridgehead atoms. The number of nitrogens with one attached hydrogen (secondary N) is 2. The number of hydrogen-bond acceptors (Lipinski definition) is 4. The predicted molar refractivity (Wildman–Crippen MR) is 80.2 cm³/mol. The van der Waals surface area contributed by atoms with Gasteiger partial charge >= 0.3 is 0 Å². The number of carbonyl (C=O) groups excluding carboxylic acids is 1. The van der Waals surface area contributed by atoms with Crippen LogP contribution in [0.3, 0.4) is 0 Å². The SMILES string of the molecule is COCCNCC(=O)Nc1ccc(OC(C)(C)C)cc1. The van der Waals surface area contributed by atoms with Gasteiger partial charge in [0.25, 0.3) is 0 Å². The molecule has 2 N–H and O–H groups in total. The molecule has 1 aromatic rings. The molecular weight excluding hydrogens is 256 g/mol. The average molecular weight is 280 g/mol. The number of ether oxygens (including phenoxy) is 2. The van der Waals surface area contributed by atoms with Crippen LogP contribution in [0, 0.1) is 0 Å². The molecule has 5 nitrogen and oxygen atoms in total. The lowest BCUT2D eigenvalue weighted by Gasteiger charge is -2.21. The molecule has 20 heavy (non-hydrogen) atoms. The van der Waals surface area contributed by atoms with Gasteiger partial charge in [-0.3, -0.25) is 4.79 Å². The van der Waals surface area contributed by atoms with Crippen molar-refractivity contribution in [2.75, 3.05) is 32.1 Å². The quantitative estimate of drug-likeness (QED) is 0.750. The first kappa shape index (κ1) is 16.5. The van der Waals surface area contributed by atoms with Crippen LogP contribution in [0.15, 0.2) is 24.3 Å². The normalized spacial score (nSPS) is 11.2. The lowest BCUT2D eigenvalue weighted by atomic mass is 10.2. The molecular formula is C15H24N2O3. The molecule has 0 atom stereocenters. The van der Waals surface area contributed by atoms with Crippen molar-refractivity contribution in [1.29, 1.82) is 0 Å². The van der Waals surface area contributed by atoms with Crippen LogP contribution in [0.1, 0.15) is 20.8 Å². The van der Waals surface area contributed by atoms with E-state index in [4.69, 9.17) is 9.47 Å². The van der Waals surface area contributed by atoms with E-state index in [1.54, 1.807) is 7.11 Å². The van der Waals surface area contributed by atoms with E-state index in [1.165, 1.54) is 0 Å². The molecule has 0 aromatic heterocycles. The van der Waals surface area contributed by atoms with E-state index in [0.717, 1.165) is 11.4 Å². The zero-order valence-corrected chi connectivity index (χ0v) is 12.7. The maximum atomic E-state index is 11.6. The molecule has 0 saturated carbocycles. The summed E-state index contributed by atoms with van der Waals surface area (Å²) in [6.45, 7) is 7.50. The van der Waals surface area contributed by atoms with E-state index in [9.17, 15) is 4.79 Å². The maximum absolute atomic E-state index is 11.6. The minimum atomic E-state index is -0.226. The summed E-state index contributed by atoms with van der Waals surface area (Å²) in [6.07, 6.45) is 0. The van der Waals surface area contributed by atoms with Crippen molar-refractivity contribution >= 4 is 11.6 Å². The first-order chi connectivity index (χ1) is 9.40. The fourth-order valence-corrected chi connectivity index (χ4v) is 1.54. The van der Waals surface area contributed by atoms with Crippen LogP contribution in [0.4, 0.5) is 5.69 Å². The number of hydrogen-bond donors (Lipinski definition) is 2. The predicted octanol–water partition coefficient (Wildman–Crippen LogP) is 2.04. The molecule has 1 aromatic carbocycles. The Hall–Kier alpha value is -1.59. The molecule has 0 aliphatic carbocycles. The molecule has 0 aliphatic heterocycles. The highest BCUT2D eigenvalue weighted by atomic mass is 16.5. The second-order valence-corrected chi connectivity index (χ2v) is 5.46. The van der Waals surface area contributed by atoms with E-state index in [2.05, 4.69) is 10.6 Å². The Bertz CT molecular complexity index is 410. The Morgan fingerprint density at radius 1 is 1.20 bits per heavy atom. The second kappa shape index (κ2) is 7.87. The Morgan fingerprint density at radius 3 is 2.40 bits per heavy atom. The van der Waals surface area contributed by atoms with Crippen molar-refractivity contribution in [3.05, 3.63) is 24.3 Å². The van der Waals surface area contributed by atoms with Gasteiger partial charge in [-0.2, -0.15) is 0 Å². The highest BCUT2D eigenvalue weighted by Crippen LogP contribution is 2.20. The summed E-state index contributed by atoms with van der Waals surface area (Å²) in [4.78, 5) is 11.6. The Labute approximate surface area is 120 Å². The van der Waals surface area contributed by atoms with Crippen molar-refractivity contribution in [3.8, 4) is 5.75 Å². The third-order valence-corrected chi connectivity index (χ3v) is 2.33. The van der Waals surface area contributed by atoms with Crippen molar-refractivity contribution in [1.82, 2.24) is 5.32 Å². The largest absolute Gasteiger partial charge is 0.488 e. The molecule has 0 radical (unpaired) electrons. The zero-order chi connectivity index (χ0) is 15.0. The summed E-state index contributed by atoms with van der Waals surface area (Å²) in [6, 6.07) is 7.35. The summed E-state index contributed by atoms with van der Waals surface area (Å²) in [5.41, 5.74) is 0.528. The van der Waals surface area contributed by atoms with Crippen molar-refractivity contribution < 1.29 is 14.3 Å². The van der Waals surface area contributed by atoms with Gasteiger partial charge in [0.2, 0.25) is 5.91 Å². The summed E-state index contributed by atoms with van der Waals surface area (Å²) in [7, 11) is 1.63. The van der Waals surface area contributed by atoms with Gasteiger partial charge in [-0.25, -0.2) is 0 Å². The van der Waals surface area contributed by atoms with E-state index in [-0.39, 0.29) is 18.1 Å². The van der Waals surface area contributed by atoms with Crippen LogP contribution in [0.25, 0.3) is 0 Å². The zero-order valence-electron chi connectivity index (χ0n) is 12.7. The molecule has 0 spiro atoms. The van der Waals surface area contributed by atoms with E-state index < -0.39 is 0 Å². The molecule has 0 heterocycles. The number of methoxy groups -OCH3 is 1. The Kier molecular flexibility index (Phi) is 6.48. The van der Waals surface area contributed by atoms with Crippen LogP contribution >= 0.6 is 0 Å². The minimum absolute atomic E-state index is 0.0782. The third kappa shape index (κ3) is 7.11. The van der Waals surface area contributed by atoms with Crippen LogP contribution in [-0.4, -0.2) is 38.3 Å². The van der Waals surface area contributed by atoms with Gasteiger partial charge in [0.1, 0.15) is 11.4 Å². The van der Waals surface area contributed by atoms with Crippen molar-refractivity contribution in [3.63, 3.8) is 0 Å². The molecule has 1 amide bonds. The number of amides is 1. The summed E-state index contributed by atoms with van der Waals surface area (Å²) in [5, 5.41) is 5.80. The third-order valence-electron chi connectivity index (χ3n) is 2.33. The van der Waals surface area contributed by atoms with Crippen LogP contribution < -0.4 is 15.4 Å². The van der Waals surface area contributed by atoms with Gasteiger partial charge in [0.15, 0.2) is 0 Å². The highest BCUT2D eigenvalue weighted by Gasteiger charge is 2.11. The average Bonchev–Trinajstić information content (AvgIpc) is 2.35. The van der Waals surface area contributed by atoms with Gasteiger partial charge in [-0.15, -0.1) is 0 Å². The molecule has 0 saturated heterocycles. The molecule has 0 unspecified atom stereocenters. The topological polar surface area (TPSA) is 59.6 Å². The number of carbonyl (C=O) groups is 1. The smallest absolute Gasteiger partial charge is 0.238 e. The fraction of sp³-hybridized carbons (Fsp3) is 0.533. The van der Waals surface area contributed by atoms with Gasteiger partial charge in [-0.05, 0) is 45.0 Å². The van der Waals surface area contributed by atoms with Gasteiger partial charge in [0.05, 0.1) is 13.2 Å². The van der Waals surface area contributed by atoms with Crippen molar-refractivity contribution in [2.45, 2.75) is 26.4 Å². The second-order valence-electron chi connectivity index (χ2n) is 5.46. The summed E-state index contributed by atoms with van der Waals surface area (Å²) < 4.78 is 10.6. The van der Waals surface area contributed by atoms with Crippen molar-refractivity contribution in [2.24, 2.45) is 0 Å². The molecule has 0 aliphatic rings. The summed E-state index contributed by atoms with van der Waals surface area (Å²) in [5.74, 6) is 0.708. The lowest BCUT2D eigenvalue weighted by molar-refractivity contribution is -0.115. The number of benzene rings is 1. The minimum Gasteiger partial charge on any atom is -0.488 e. The molecule has 5 heteroatoms.